The Bertz CT molecular complexity index is 834. The van der Waals surface area contributed by atoms with Gasteiger partial charge in [0.2, 0.25) is 0 Å². The van der Waals surface area contributed by atoms with Crippen molar-refractivity contribution in [1.82, 2.24) is 4.31 Å². The molecule has 2 heterocycles. The Kier molecular flexibility index (Phi) is 3.45. The van der Waals surface area contributed by atoms with E-state index in [1.807, 2.05) is 24.3 Å². The Morgan fingerprint density at radius 3 is 2.76 bits per heavy atom. The number of hydrogen-bond acceptors (Lipinski definition) is 5. The molecule has 2 N–H and O–H groups in total. The minimum atomic E-state index is -3.55. The number of nitrogens with zero attached hydrogens (tertiary/aromatic N) is 2. The topological polar surface area (TPSA) is 87.2 Å². The van der Waals surface area contributed by atoms with E-state index in [0.29, 0.717) is 30.1 Å². The van der Waals surface area contributed by atoms with Crippen molar-refractivity contribution in [3.8, 4) is 6.07 Å². The van der Waals surface area contributed by atoms with E-state index in [-0.39, 0.29) is 4.21 Å². The van der Waals surface area contributed by atoms with Crippen molar-refractivity contribution in [2.75, 3.05) is 12.3 Å². The van der Waals surface area contributed by atoms with Crippen LogP contribution in [0.3, 0.4) is 0 Å². The highest BCUT2D eigenvalue weighted by Crippen LogP contribution is 2.29. The molecule has 2 aromatic rings. The van der Waals surface area contributed by atoms with Gasteiger partial charge in [0.25, 0.3) is 10.0 Å². The van der Waals surface area contributed by atoms with Gasteiger partial charge in [0.05, 0.1) is 0 Å². The number of nitrogen functional groups attached to an aromatic ring is 1. The van der Waals surface area contributed by atoms with Crippen LogP contribution in [-0.4, -0.2) is 19.3 Å². The molecule has 3 rings (SSSR count). The number of rotatable bonds is 2. The van der Waals surface area contributed by atoms with Crippen LogP contribution in [0.1, 0.15) is 16.0 Å². The number of benzene rings is 1. The van der Waals surface area contributed by atoms with Gasteiger partial charge in [-0.1, -0.05) is 6.07 Å². The third-order valence-electron chi connectivity index (χ3n) is 3.49. The maximum Gasteiger partial charge on any atom is 0.252 e. The zero-order valence-corrected chi connectivity index (χ0v) is 12.7. The summed E-state index contributed by atoms with van der Waals surface area (Å²) in [7, 11) is -3.55. The van der Waals surface area contributed by atoms with Gasteiger partial charge in [-0.05, 0) is 41.8 Å². The number of nitriles is 1. The van der Waals surface area contributed by atoms with E-state index < -0.39 is 10.0 Å². The Hall–Kier alpha value is -1.88. The fraction of sp³-hybridized carbons (Fsp3) is 0.214. The number of sulfonamides is 1. The number of nitrogens with two attached hydrogens (primary N) is 1. The van der Waals surface area contributed by atoms with Crippen molar-refractivity contribution in [3.63, 3.8) is 0 Å². The maximum atomic E-state index is 12.6. The minimum Gasteiger partial charge on any atom is -0.399 e. The molecule has 0 radical (unpaired) electrons. The van der Waals surface area contributed by atoms with Crippen molar-refractivity contribution in [1.29, 1.82) is 5.26 Å². The lowest BCUT2D eigenvalue weighted by molar-refractivity contribution is 0.392. The predicted molar refractivity (Wildman–Crippen MR) is 81.2 cm³/mol. The molecule has 0 saturated carbocycles. The van der Waals surface area contributed by atoms with E-state index in [1.54, 1.807) is 0 Å². The summed E-state index contributed by atoms with van der Waals surface area (Å²) in [6.07, 6.45) is 0.672. The molecule has 0 aliphatic carbocycles. The highest BCUT2D eigenvalue weighted by molar-refractivity contribution is 7.91. The van der Waals surface area contributed by atoms with Crippen molar-refractivity contribution >= 4 is 27.0 Å². The van der Waals surface area contributed by atoms with Crippen LogP contribution < -0.4 is 5.73 Å². The van der Waals surface area contributed by atoms with E-state index in [0.717, 1.165) is 22.5 Å². The van der Waals surface area contributed by atoms with Gasteiger partial charge in [0.1, 0.15) is 15.2 Å². The molecule has 0 atom stereocenters. The predicted octanol–water partition coefficient (Wildman–Crippen LogP) is 1.95. The van der Waals surface area contributed by atoms with Crippen LogP contribution in [0.25, 0.3) is 0 Å². The molecule has 21 heavy (non-hydrogen) atoms. The summed E-state index contributed by atoms with van der Waals surface area (Å²) in [5.74, 6) is 0. The van der Waals surface area contributed by atoms with Gasteiger partial charge in [0, 0.05) is 18.8 Å². The van der Waals surface area contributed by atoms with Crippen LogP contribution in [0.15, 0.2) is 34.5 Å². The maximum absolute atomic E-state index is 12.6. The molecule has 1 aliphatic rings. The van der Waals surface area contributed by atoms with Gasteiger partial charge in [-0.25, -0.2) is 8.42 Å². The number of fused-ring (bicyclic) bond motifs is 1. The Labute approximate surface area is 127 Å². The summed E-state index contributed by atoms with van der Waals surface area (Å²) in [5, 5.41) is 8.83. The lowest BCUT2D eigenvalue weighted by Gasteiger charge is -2.27. The molecule has 0 amide bonds. The standard InChI is InChI=1S/C14H13N3O2S2/c15-8-13-3-4-14(20-13)21(18,19)17-6-5-10-1-2-12(16)7-11(10)9-17/h1-4,7H,5-6,9,16H2. The van der Waals surface area contributed by atoms with Gasteiger partial charge in [0.15, 0.2) is 0 Å². The first-order chi connectivity index (χ1) is 10.0. The van der Waals surface area contributed by atoms with Crippen molar-refractivity contribution in [2.45, 2.75) is 17.2 Å². The van der Waals surface area contributed by atoms with E-state index >= 15 is 0 Å². The summed E-state index contributed by atoms with van der Waals surface area (Å²) in [4.78, 5) is 0.398. The molecular weight excluding hydrogens is 306 g/mol. The zero-order valence-electron chi connectivity index (χ0n) is 11.1. The van der Waals surface area contributed by atoms with Crippen LogP contribution in [-0.2, 0) is 23.0 Å². The SMILES string of the molecule is N#Cc1ccc(S(=O)(=O)N2CCc3ccc(N)cc3C2)s1. The van der Waals surface area contributed by atoms with E-state index in [2.05, 4.69) is 0 Å². The van der Waals surface area contributed by atoms with Gasteiger partial charge in [-0.3, -0.25) is 0 Å². The monoisotopic (exact) mass is 319 g/mol. The number of anilines is 1. The van der Waals surface area contributed by atoms with Crippen LogP contribution in [0.5, 0.6) is 0 Å². The smallest absolute Gasteiger partial charge is 0.252 e. The molecule has 0 fully saturated rings. The summed E-state index contributed by atoms with van der Waals surface area (Å²) in [5.41, 5.74) is 8.49. The van der Waals surface area contributed by atoms with Crippen LogP contribution in [0.4, 0.5) is 5.69 Å². The Morgan fingerprint density at radius 2 is 2.05 bits per heavy atom. The van der Waals surface area contributed by atoms with Crippen LogP contribution >= 0.6 is 11.3 Å². The molecule has 1 aromatic carbocycles. The first-order valence-electron chi connectivity index (χ1n) is 6.38. The molecule has 0 spiro atoms. The normalized spacial score (nSPS) is 15.4. The first-order valence-corrected chi connectivity index (χ1v) is 8.64. The number of thiophene rings is 1. The second-order valence-corrected chi connectivity index (χ2v) is 8.10. The second-order valence-electron chi connectivity index (χ2n) is 4.85. The van der Waals surface area contributed by atoms with Gasteiger partial charge in [-0.2, -0.15) is 9.57 Å². The van der Waals surface area contributed by atoms with Gasteiger partial charge in [-0.15, -0.1) is 11.3 Å². The Morgan fingerprint density at radius 1 is 1.24 bits per heavy atom. The fourth-order valence-corrected chi connectivity index (χ4v) is 5.08. The van der Waals surface area contributed by atoms with E-state index in [1.165, 1.54) is 16.4 Å². The van der Waals surface area contributed by atoms with Gasteiger partial charge < -0.3 is 5.73 Å². The van der Waals surface area contributed by atoms with Crippen molar-refractivity contribution in [3.05, 3.63) is 46.3 Å². The lowest BCUT2D eigenvalue weighted by atomic mass is 10.0. The highest BCUT2D eigenvalue weighted by atomic mass is 32.2. The molecule has 7 heteroatoms. The van der Waals surface area contributed by atoms with E-state index in [9.17, 15) is 8.42 Å². The largest absolute Gasteiger partial charge is 0.399 e. The molecule has 0 unspecified atom stereocenters. The third-order valence-corrected chi connectivity index (χ3v) is 6.80. The molecule has 1 aromatic heterocycles. The fourth-order valence-electron chi connectivity index (χ4n) is 2.40. The summed E-state index contributed by atoms with van der Waals surface area (Å²) < 4.78 is 26.9. The second kappa shape index (κ2) is 5.15. The minimum absolute atomic E-state index is 0.214. The quantitative estimate of drug-likeness (QED) is 0.857. The molecular formula is C14H13N3O2S2. The third kappa shape index (κ3) is 2.53. The van der Waals surface area contributed by atoms with Crippen LogP contribution in [0.2, 0.25) is 0 Å². The Balaban J connectivity index is 1.93. The van der Waals surface area contributed by atoms with Crippen molar-refractivity contribution in [2.24, 2.45) is 0 Å². The number of hydrogen-bond donors (Lipinski definition) is 1. The lowest BCUT2D eigenvalue weighted by Crippen LogP contribution is -2.35. The molecule has 0 saturated heterocycles. The molecule has 1 aliphatic heterocycles. The average Bonchev–Trinajstić information content (AvgIpc) is 2.96. The average molecular weight is 319 g/mol. The summed E-state index contributed by atoms with van der Waals surface area (Å²) in [6, 6.07) is 10.6. The van der Waals surface area contributed by atoms with Crippen LogP contribution in [0, 0.1) is 11.3 Å². The first kappa shape index (κ1) is 14.1. The summed E-state index contributed by atoms with van der Waals surface area (Å²) >= 11 is 1.00. The van der Waals surface area contributed by atoms with Crippen molar-refractivity contribution < 1.29 is 8.42 Å². The summed E-state index contributed by atoms with van der Waals surface area (Å²) in [6.45, 7) is 0.765. The molecule has 108 valence electrons. The van der Waals surface area contributed by atoms with E-state index in [4.69, 9.17) is 11.0 Å². The molecule has 0 bridgehead atoms. The molecule has 5 nitrogen and oxygen atoms in total. The highest BCUT2D eigenvalue weighted by Gasteiger charge is 2.29. The van der Waals surface area contributed by atoms with Gasteiger partial charge >= 0.3 is 0 Å². The zero-order chi connectivity index (χ0) is 15.0.